The van der Waals surface area contributed by atoms with Gasteiger partial charge in [-0.15, -0.1) is 0 Å². The van der Waals surface area contributed by atoms with Gasteiger partial charge in [0.1, 0.15) is 18.0 Å². The van der Waals surface area contributed by atoms with Crippen molar-refractivity contribution in [2.75, 3.05) is 18.4 Å². The number of hydrogen-bond acceptors (Lipinski definition) is 8. The van der Waals surface area contributed by atoms with Crippen molar-refractivity contribution < 1.29 is 52.1 Å². The lowest BCUT2D eigenvalue weighted by molar-refractivity contribution is -0.192. The first-order valence-electron chi connectivity index (χ1n) is 13.2. The van der Waals surface area contributed by atoms with Crippen LogP contribution in [0.4, 0.5) is 23.7 Å². The van der Waals surface area contributed by atoms with Crippen molar-refractivity contribution in [2.45, 2.75) is 39.2 Å². The molecule has 12 nitrogen and oxygen atoms in total. The van der Waals surface area contributed by atoms with Gasteiger partial charge >= 0.3 is 18.2 Å². The number of alkyl halides is 3. The van der Waals surface area contributed by atoms with Crippen LogP contribution >= 0.6 is 0 Å². The number of nitrogens with zero attached hydrogens (tertiary/aromatic N) is 2. The number of carbonyl (C=O) groups is 4. The second-order valence-corrected chi connectivity index (χ2v) is 10.7. The molecule has 4 rings (SSSR count). The Kier molecular flexibility index (Phi) is 10.7. The lowest BCUT2D eigenvalue weighted by Crippen LogP contribution is -2.38. The highest BCUT2D eigenvalue weighted by Crippen LogP contribution is 2.28. The molecule has 0 radical (unpaired) electrons. The smallest absolute Gasteiger partial charge is 0.488 e. The number of carboxylic acids is 1. The molecule has 3 aromatic rings. The number of nitrogens with one attached hydrogen (secondary N) is 2. The summed E-state index contributed by atoms with van der Waals surface area (Å²) in [6.45, 7) is 5.48. The van der Waals surface area contributed by atoms with E-state index in [4.69, 9.17) is 24.6 Å². The largest absolute Gasteiger partial charge is 0.490 e. The van der Waals surface area contributed by atoms with Gasteiger partial charge in [0.2, 0.25) is 11.8 Å². The Morgan fingerprint density at radius 3 is 2.11 bits per heavy atom. The molecule has 0 saturated carbocycles. The Morgan fingerprint density at radius 2 is 1.55 bits per heavy atom. The number of likely N-dealkylation sites (tertiary alicyclic amines) is 1. The first kappa shape index (κ1) is 33.6. The molecule has 4 N–H and O–H groups in total. The third-order valence-corrected chi connectivity index (χ3v) is 6.22. The number of benzene rings is 2. The van der Waals surface area contributed by atoms with Crippen LogP contribution in [0.1, 0.15) is 26.3 Å². The van der Waals surface area contributed by atoms with Gasteiger partial charge in [-0.2, -0.15) is 13.2 Å². The number of carboxylic acid groups (broad SMARTS) is 1. The van der Waals surface area contributed by atoms with Gasteiger partial charge in [0.05, 0.1) is 17.4 Å². The first-order chi connectivity index (χ1) is 20.6. The molecule has 2 aromatic carbocycles. The van der Waals surface area contributed by atoms with E-state index in [-0.39, 0.29) is 13.1 Å². The molecule has 1 fully saturated rings. The van der Waals surface area contributed by atoms with Gasteiger partial charge in [-0.05, 0) is 56.7 Å². The summed E-state index contributed by atoms with van der Waals surface area (Å²) in [5.41, 5.74) is 3.15. The Morgan fingerprint density at radius 1 is 0.955 bits per heavy atom. The number of fused-ring (bicyclic) bond motifs is 1. The number of para-hydroxylation sites is 1. The van der Waals surface area contributed by atoms with Crippen LogP contribution in [-0.4, -0.2) is 68.9 Å². The topological polar surface area (TPSA) is 167 Å². The predicted molar refractivity (Wildman–Crippen MR) is 150 cm³/mol. The summed E-state index contributed by atoms with van der Waals surface area (Å²) in [5, 5.41) is 20.0. The molecule has 15 heteroatoms. The van der Waals surface area contributed by atoms with Crippen molar-refractivity contribution in [1.82, 2.24) is 15.4 Å². The summed E-state index contributed by atoms with van der Waals surface area (Å²) in [7, 11) is 0. The molecule has 44 heavy (non-hydrogen) atoms. The van der Waals surface area contributed by atoms with Crippen molar-refractivity contribution in [2.24, 2.45) is 11.8 Å². The van der Waals surface area contributed by atoms with Crippen molar-refractivity contribution >= 4 is 40.5 Å². The Labute approximate surface area is 249 Å². The van der Waals surface area contributed by atoms with Crippen LogP contribution in [0.2, 0.25) is 0 Å². The standard InChI is InChI=1S/C27H30N4O6.C2HF3O2/c1-27(2,3)37-26(34)31-14-20(21(15-31)25(33)30-35)24(32)29-18-10-8-17(9-11-18)16-36-23-12-13-28-22-7-5-4-6-19(22)23;3-2(4,5)1(6)7/h4-13,20-21,35H,14-16H2,1-3H3,(H,29,32)(H,30,33);(H,6,7)/t20-,21-;/m0./s1. The average molecular weight is 621 g/mol. The van der Waals surface area contributed by atoms with Gasteiger partial charge in [-0.3, -0.25) is 19.8 Å². The van der Waals surface area contributed by atoms with Crippen molar-refractivity contribution in [3.8, 4) is 5.75 Å². The minimum Gasteiger partial charge on any atom is -0.488 e. The van der Waals surface area contributed by atoms with E-state index in [9.17, 15) is 27.6 Å². The average Bonchev–Trinajstić information content (AvgIpc) is 3.41. The molecule has 1 aliphatic rings. The zero-order chi connectivity index (χ0) is 32.7. The maximum Gasteiger partial charge on any atom is 0.490 e. The monoisotopic (exact) mass is 620 g/mol. The molecule has 0 unspecified atom stereocenters. The van der Waals surface area contributed by atoms with Gasteiger partial charge in [0, 0.05) is 30.4 Å². The molecular weight excluding hydrogens is 589 g/mol. The molecule has 2 heterocycles. The molecule has 0 bridgehead atoms. The van der Waals surface area contributed by atoms with Crippen LogP contribution in [-0.2, 0) is 25.7 Å². The summed E-state index contributed by atoms with van der Waals surface area (Å²) in [6.07, 6.45) is -4.00. The van der Waals surface area contributed by atoms with Crippen LogP contribution in [0.25, 0.3) is 10.9 Å². The zero-order valence-electron chi connectivity index (χ0n) is 23.9. The summed E-state index contributed by atoms with van der Waals surface area (Å²) < 4.78 is 43.1. The van der Waals surface area contributed by atoms with E-state index >= 15 is 0 Å². The third kappa shape index (κ3) is 9.29. The van der Waals surface area contributed by atoms with E-state index in [1.807, 2.05) is 42.5 Å². The summed E-state index contributed by atoms with van der Waals surface area (Å²) >= 11 is 0. The summed E-state index contributed by atoms with van der Waals surface area (Å²) in [6, 6.07) is 16.7. The minimum atomic E-state index is -5.08. The molecule has 1 aliphatic heterocycles. The number of halogens is 3. The summed E-state index contributed by atoms with van der Waals surface area (Å²) in [5.74, 6) is -4.98. The number of anilines is 1. The lowest BCUT2D eigenvalue weighted by atomic mass is 9.94. The van der Waals surface area contributed by atoms with Gasteiger partial charge < -0.3 is 24.8 Å². The first-order valence-corrected chi connectivity index (χ1v) is 13.2. The van der Waals surface area contributed by atoms with E-state index in [1.54, 1.807) is 44.6 Å². The van der Waals surface area contributed by atoms with Gasteiger partial charge in [0.15, 0.2) is 0 Å². The fourth-order valence-electron chi connectivity index (χ4n) is 4.17. The van der Waals surface area contributed by atoms with E-state index in [0.717, 1.165) is 22.2 Å². The number of hydroxylamine groups is 1. The van der Waals surface area contributed by atoms with Gasteiger partial charge in [-0.1, -0.05) is 24.3 Å². The van der Waals surface area contributed by atoms with Crippen molar-refractivity contribution in [1.29, 1.82) is 0 Å². The quantitative estimate of drug-likeness (QED) is 0.231. The SMILES string of the molecule is CC(C)(C)OC(=O)N1C[C@H](C(=O)NO)[C@@H](C(=O)Nc2ccc(COc3ccnc4ccccc34)cc2)C1.O=C(O)C(F)(F)F. The molecule has 3 amide bonds. The van der Waals surface area contributed by atoms with E-state index in [0.29, 0.717) is 12.3 Å². The summed E-state index contributed by atoms with van der Waals surface area (Å²) in [4.78, 5) is 52.3. The fourth-order valence-corrected chi connectivity index (χ4v) is 4.17. The van der Waals surface area contributed by atoms with Crippen molar-refractivity contribution in [3.63, 3.8) is 0 Å². The van der Waals surface area contributed by atoms with Crippen LogP contribution in [0.15, 0.2) is 60.8 Å². The lowest BCUT2D eigenvalue weighted by Gasteiger charge is -2.24. The van der Waals surface area contributed by atoms with Gasteiger partial charge in [-0.25, -0.2) is 15.1 Å². The minimum absolute atomic E-state index is 0.00928. The van der Waals surface area contributed by atoms with Crippen LogP contribution < -0.4 is 15.5 Å². The highest BCUT2D eigenvalue weighted by atomic mass is 19.4. The van der Waals surface area contributed by atoms with Crippen LogP contribution in [0.3, 0.4) is 0 Å². The Bertz CT molecular complexity index is 1490. The fraction of sp³-hybridized carbons (Fsp3) is 0.345. The predicted octanol–water partition coefficient (Wildman–Crippen LogP) is 4.37. The van der Waals surface area contributed by atoms with E-state index in [2.05, 4.69) is 10.3 Å². The number of hydrogen-bond donors (Lipinski definition) is 4. The normalized spacial score (nSPS) is 16.4. The molecule has 1 aromatic heterocycles. The Balaban J connectivity index is 0.000000676. The molecule has 0 aliphatic carbocycles. The molecule has 0 spiro atoms. The molecular formula is C29H31F3N4O8. The Hall–Kier alpha value is -4.92. The van der Waals surface area contributed by atoms with E-state index in [1.165, 1.54) is 4.90 Å². The molecule has 1 saturated heterocycles. The van der Waals surface area contributed by atoms with Gasteiger partial charge in [0.25, 0.3) is 0 Å². The van der Waals surface area contributed by atoms with Crippen LogP contribution in [0.5, 0.6) is 5.75 Å². The number of rotatable bonds is 6. The number of aromatic nitrogens is 1. The van der Waals surface area contributed by atoms with E-state index < -0.39 is 47.5 Å². The second-order valence-electron chi connectivity index (χ2n) is 10.7. The number of carbonyl (C=O) groups excluding carboxylic acids is 3. The van der Waals surface area contributed by atoms with Crippen molar-refractivity contribution in [3.05, 3.63) is 66.4 Å². The highest BCUT2D eigenvalue weighted by Gasteiger charge is 2.44. The maximum atomic E-state index is 13.0. The molecule has 2 atom stereocenters. The molecule has 236 valence electrons. The number of ether oxygens (including phenoxy) is 2. The number of amides is 3. The second kappa shape index (κ2) is 14.0. The zero-order valence-corrected chi connectivity index (χ0v) is 23.9. The number of pyridine rings is 1. The van der Waals surface area contributed by atoms with Crippen LogP contribution in [0, 0.1) is 11.8 Å². The number of aliphatic carboxylic acids is 1. The third-order valence-electron chi connectivity index (χ3n) is 6.22. The highest BCUT2D eigenvalue weighted by molar-refractivity contribution is 5.97. The maximum absolute atomic E-state index is 13.0.